The fraction of sp³-hybridized carbons (Fsp3) is 0.480. The van der Waals surface area contributed by atoms with Crippen LogP contribution in [0.15, 0.2) is 48.5 Å². The summed E-state index contributed by atoms with van der Waals surface area (Å²) in [7, 11) is 1.66. The van der Waals surface area contributed by atoms with Crippen LogP contribution in [-0.2, 0) is 11.4 Å². The van der Waals surface area contributed by atoms with E-state index in [2.05, 4.69) is 11.0 Å². The highest BCUT2D eigenvalue weighted by Gasteiger charge is 2.31. The number of benzene rings is 2. The highest BCUT2D eigenvalue weighted by atomic mass is 32.2. The Kier molecular flexibility index (Phi) is 7.21. The van der Waals surface area contributed by atoms with E-state index in [-0.39, 0.29) is 5.37 Å². The van der Waals surface area contributed by atoms with Gasteiger partial charge in [0.25, 0.3) is 0 Å². The topological polar surface area (TPSA) is 38.8 Å². The molecular formula is C25H31NO3S. The predicted octanol–water partition coefficient (Wildman–Crippen LogP) is 5.82. The van der Waals surface area contributed by atoms with Crippen LogP contribution in [0.5, 0.6) is 11.5 Å². The van der Waals surface area contributed by atoms with Gasteiger partial charge in [-0.25, -0.2) is 0 Å². The van der Waals surface area contributed by atoms with Gasteiger partial charge in [0.15, 0.2) is 11.5 Å². The van der Waals surface area contributed by atoms with Gasteiger partial charge in [0.05, 0.1) is 7.11 Å². The minimum Gasteiger partial charge on any atom is -0.493 e. The van der Waals surface area contributed by atoms with E-state index in [9.17, 15) is 4.79 Å². The number of carbonyl (C=O) groups is 1. The first-order valence-electron chi connectivity index (χ1n) is 11.0. The Hall–Kier alpha value is -2.14. The Morgan fingerprint density at radius 2 is 1.90 bits per heavy atom. The Bertz CT molecular complexity index is 836. The van der Waals surface area contributed by atoms with Crippen LogP contribution in [0.25, 0.3) is 0 Å². The van der Waals surface area contributed by atoms with Crippen LogP contribution >= 0.6 is 11.8 Å². The zero-order valence-corrected chi connectivity index (χ0v) is 18.5. The first kappa shape index (κ1) is 21.1. The zero-order valence-electron chi connectivity index (χ0n) is 17.7. The highest BCUT2D eigenvalue weighted by Crippen LogP contribution is 2.42. The van der Waals surface area contributed by atoms with Crippen LogP contribution in [0.1, 0.15) is 55.0 Å². The lowest BCUT2D eigenvalue weighted by Crippen LogP contribution is -2.30. The number of thioether (sulfide) groups is 1. The zero-order chi connectivity index (χ0) is 20.8. The van der Waals surface area contributed by atoms with Crippen molar-refractivity contribution in [2.45, 2.75) is 50.5 Å². The molecule has 2 fully saturated rings. The van der Waals surface area contributed by atoms with E-state index in [1.807, 2.05) is 54.2 Å². The van der Waals surface area contributed by atoms with Gasteiger partial charge in [0.2, 0.25) is 5.91 Å². The van der Waals surface area contributed by atoms with E-state index in [1.54, 1.807) is 7.11 Å². The predicted molar refractivity (Wildman–Crippen MR) is 122 cm³/mol. The van der Waals surface area contributed by atoms with E-state index < -0.39 is 0 Å². The quantitative estimate of drug-likeness (QED) is 0.534. The van der Waals surface area contributed by atoms with Gasteiger partial charge in [-0.3, -0.25) is 4.79 Å². The van der Waals surface area contributed by atoms with Crippen molar-refractivity contribution in [3.8, 4) is 11.5 Å². The number of ether oxygens (including phenoxy) is 2. The molecule has 0 spiro atoms. The van der Waals surface area contributed by atoms with Crippen molar-refractivity contribution in [2.75, 3.05) is 19.4 Å². The van der Waals surface area contributed by atoms with Crippen LogP contribution in [0.2, 0.25) is 0 Å². The van der Waals surface area contributed by atoms with Crippen molar-refractivity contribution in [3.05, 3.63) is 59.7 Å². The summed E-state index contributed by atoms with van der Waals surface area (Å²) in [5.74, 6) is 3.47. The lowest BCUT2D eigenvalue weighted by atomic mass is 10.0. The SMILES string of the molecule is COc1ccc([C@H]2SCCN2C(=O)CCC2CCCC2)cc1OCc1ccccc1. The second-order valence-electron chi connectivity index (χ2n) is 8.18. The largest absolute Gasteiger partial charge is 0.493 e. The Morgan fingerprint density at radius 3 is 2.67 bits per heavy atom. The molecule has 1 amide bonds. The lowest BCUT2D eigenvalue weighted by Gasteiger charge is -2.25. The molecule has 1 saturated heterocycles. The van der Waals surface area contributed by atoms with Gasteiger partial charge in [-0.1, -0.05) is 62.1 Å². The van der Waals surface area contributed by atoms with E-state index in [0.717, 1.165) is 47.3 Å². The molecule has 2 aliphatic rings. The maximum atomic E-state index is 13.0. The number of carbonyl (C=O) groups excluding carboxylic acids is 1. The van der Waals surface area contributed by atoms with Gasteiger partial charge < -0.3 is 14.4 Å². The van der Waals surface area contributed by atoms with Crippen LogP contribution < -0.4 is 9.47 Å². The average Bonchev–Trinajstić information content (AvgIpc) is 3.49. The van der Waals surface area contributed by atoms with Crippen molar-refractivity contribution < 1.29 is 14.3 Å². The first-order valence-corrected chi connectivity index (χ1v) is 12.0. The summed E-state index contributed by atoms with van der Waals surface area (Å²) < 4.78 is 11.6. The third kappa shape index (κ3) is 5.12. The molecule has 1 atom stereocenters. The van der Waals surface area contributed by atoms with Crippen molar-refractivity contribution in [3.63, 3.8) is 0 Å². The molecule has 30 heavy (non-hydrogen) atoms. The monoisotopic (exact) mass is 425 g/mol. The van der Waals surface area contributed by atoms with Gasteiger partial charge in [0.1, 0.15) is 12.0 Å². The smallest absolute Gasteiger partial charge is 0.223 e. The number of hydrogen-bond acceptors (Lipinski definition) is 4. The second-order valence-corrected chi connectivity index (χ2v) is 9.37. The van der Waals surface area contributed by atoms with Gasteiger partial charge in [0, 0.05) is 18.7 Å². The van der Waals surface area contributed by atoms with Crippen LogP contribution in [-0.4, -0.2) is 30.2 Å². The number of nitrogens with zero attached hydrogens (tertiary/aromatic N) is 1. The maximum Gasteiger partial charge on any atom is 0.223 e. The molecule has 160 valence electrons. The molecule has 1 aliphatic heterocycles. The van der Waals surface area contributed by atoms with Gasteiger partial charge >= 0.3 is 0 Å². The lowest BCUT2D eigenvalue weighted by molar-refractivity contribution is -0.131. The molecule has 1 aliphatic carbocycles. The van der Waals surface area contributed by atoms with Crippen LogP contribution in [0.4, 0.5) is 0 Å². The Morgan fingerprint density at radius 1 is 1.10 bits per heavy atom. The summed E-state index contributed by atoms with van der Waals surface area (Å²) >= 11 is 1.84. The third-order valence-electron chi connectivity index (χ3n) is 6.16. The highest BCUT2D eigenvalue weighted by molar-refractivity contribution is 7.99. The maximum absolute atomic E-state index is 13.0. The van der Waals surface area contributed by atoms with Crippen LogP contribution in [0.3, 0.4) is 0 Å². The molecule has 2 aromatic rings. The fourth-order valence-corrected chi connectivity index (χ4v) is 5.73. The van der Waals surface area contributed by atoms with Crippen molar-refractivity contribution in [1.82, 2.24) is 4.90 Å². The number of rotatable bonds is 8. The van der Waals surface area contributed by atoms with Gasteiger partial charge in [-0.05, 0) is 35.6 Å². The summed E-state index contributed by atoms with van der Waals surface area (Å²) in [6.45, 7) is 1.31. The molecule has 1 saturated carbocycles. The minimum absolute atomic E-state index is 0.0612. The molecule has 0 aromatic heterocycles. The van der Waals surface area contributed by atoms with Gasteiger partial charge in [-0.15, -0.1) is 11.8 Å². The normalized spacial score (nSPS) is 19.2. The summed E-state index contributed by atoms with van der Waals surface area (Å²) in [5.41, 5.74) is 2.22. The van der Waals surface area contributed by atoms with Crippen molar-refractivity contribution >= 4 is 17.7 Å². The van der Waals surface area contributed by atoms with Crippen LogP contribution in [0, 0.1) is 5.92 Å². The summed E-state index contributed by atoms with van der Waals surface area (Å²) in [6.07, 6.45) is 6.98. The summed E-state index contributed by atoms with van der Waals surface area (Å²) in [6, 6.07) is 16.2. The average molecular weight is 426 g/mol. The second kappa shape index (κ2) is 10.3. The summed E-state index contributed by atoms with van der Waals surface area (Å²) in [5, 5.41) is 0.0612. The molecule has 4 nitrogen and oxygen atoms in total. The molecule has 4 rings (SSSR count). The molecule has 0 N–H and O–H groups in total. The third-order valence-corrected chi connectivity index (χ3v) is 7.42. The molecule has 5 heteroatoms. The van der Waals surface area contributed by atoms with Crippen molar-refractivity contribution in [1.29, 1.82) is 0 Å². The van der Waals surface area contributed by atoms with Crippen molar-refractivity contribution in [2.24, 2.45) is 5.92 Å². The molecular weight excluding hydrogens is 394 g/mol. The number of methoxy groups -OCH3 is 1. The van der Waals surface area contributed by atoms with E-state index in [0.29, 0.717) is 18.9 Å². The molecule has 1 heterocycles. The fourth-order valence-electron chi connectivity index (χ4n) is 4.47. The molecule has 0 bridgehead atoms. The first-order chi connectivity index (χ1) is 14.7. The number of amides is 1. The van der Waals surface area contributed by atoms with E-state index in [1.165, 1.54) is 25.7 Å². The molecule has 0 radical (unpaired) electrons. The van der Waals surface area contributed by atoms with Gasteiger partial charge in [-0.2, -0.15) is 0 Å². The summed E-state index contributed by atoms with van der Waals surface area (Å²) in [4.78, 5) is 15.0. The Labute approximate surface area is 183 Å². The van der Waals surface area contributed by atoms with E-state index >= 15 is 0 Å². The standard InChI is InChI=1S/C25H31NO3S/c1-28-22-13-12-21(17-23(22)29-18-20-9-3-2-4-10-20)25-26(15-16-30-25)24(27)14-11-19-7-5-6-8-19/h2-4,9-10,12-13,17,19,25H,5-8,11,14-16,18H2,1H3/t25-/m1/s1. The molecule has 0 unspecified atom stereocenters. The molecule has 2 aromatic carbocycles. The minimum atomic E-state index is 0.0612. The van der Waals surface area contributed by atoms with E-state index in [4.69, 9.17) is 9.47 Å². The Balaban J connectivity index is 1.44. The number of hydrogen-bond donors (Lipinski definition) is 0.